The van der Waals surface area contributed by atoms with Gasteiger partial charge in [0.05, 0.1) is 16.6 Å². The van der Waals surface area contributed by atoms with Crippen LogP contribution in [-0.4, -0.2) is 16.3 Å². The average molecular weight is 390 g/mol. The van der Waals surface area contributed by atoms with Crippen LogP contribution in [0.3, 0.4) is 0 Å². The summed E-state index contributed by atoms with van der Waals surface area (Å²) in [6.45, 7) is 0.234. The van der Waals surface area contributed by atoms with Crippen molar-refractivity contribution in [3.8, 4) is 39.7 Å². The van der Waals surface area contributed by atoms with Gasteiger partial charge in [-0.3, -0.25) is 4.57 Å². The second-order valence-corrected chi connectivity index (χ2v) is 7.17. The molecule has 0 N–H and O–H groups in total. The highest BCUT2D eigenvalue weighted by Gasteiger charge is 2.28. The maximum absolute atomic E-state index is 5.96. The molecule has 3 aromatic carbocycles. The monoisotopic (exact) mass is 390 g/mol. The smallest absolute Gasteiger partial charge is 0.231 e. The van der Waals surface area contributed by atoms with Crippen molar-refractivity contribution in [2.45, 2.75) is 0 Å². The quantitative estimate of drug-likeness (QED) is 0.374. The van der Waals surface area contributed by atoms with Gasteiger partial charge in [0, 0.05) is 11.8 Å². The lowest BCUT2D eigenvalue weighted by Gasteiger charge is -2.12. The molecule has 0 atom stereocenters. The molecule has 0 unspecified atom stereocenters. The van der Waals surface area contributed by atoms with E-state index in [0.29, 0.717) is 0 Å². The Morgan fingerprint density at radius 1 is 0.700 bits per heavy atom. The van der Waals surface area contributed by atoms with E-state index >= 15 is 0 Å². The van der Waals surface area contributed by atoms with E-state index in [1.165, 1.54) is 0 Å². The zero-order valence-electron chi connectivity index (χ0n) is 16.2. The number of fused-ring (bicyclic) bond motifs is 3. The topological polar surface area (TPSA) is 36.3 Å². The third-order valence-corrected chi connectivity index (χ3v) is 5.46. The fourth-order valence-electron chi connectivity index (χ4n) is 4.22. The highest BCUT2D eigenvalue weighted by Crippen LogP contribution is 2.50. The second kappa shape index (κ2) is 6.78. The minimum Gasteiger partial charge on any atom is -0.454 e. The van der Waals surface area contributed by atoms with Crippen LogP contribution in [0, 0.1) is 0 Å². The van der Waals surface area contributed by atoms with Crippen LogP contribution in [0.25, 0.3) is 39.1 Å². The van der Waals surface area contributed by atoms with Gasteiger partial charge in [0.15, 0.2) is 11.5 Å². The fourth-order valence-corrected chi connectivity index (χ4v) is 4.22. The van der Waals surface area contributed by atoms with Crippen molar-refractivity contribution in [3.63, 3.8) is 0 Å². The van der Waals surface area contributed by atoms with Gasteiger partial charge in [0.25, 0.3) is 0 Å². The Morgan fingerprint density at radius 3 is 2.17 bits per heavy atom. The summed E-state index contributed by atoms with van der Waals surface area (Å²) >= 11 is 0. The van der Waals surface area contributed by atoms with Crippen molar-refractivity contribution < 1.29 is 9.47 Å². The average Bonchev–Trinajstić information content (AvgIpc) is 3.43. The normalized spacial score (nSPS) is 12.4. The molecule has 5 aromatic rings. The highest BCUT2D eigenvalue weighted by atomic mass is 16.7. The third-order valence-electron chi connectivity index (χ3n) is 5.46. The second-order valence-electron chi connectivity index (χ2n) is 7.17. The Labute approximate surface area is 174 Å². The minimum absolute atomic E-state index is 0.234. The van der Waals surface area contributed by atoms with Crippen LogP contribution in [0.1, 0.15) is 0 Å². The summed E-state index contributed by atoms with van der Waals surface area (Å²) in [6, 6.07) is 30.9. The molecule has 1 aliphatic rings. The minimum atomic E-state index is 0.234. The summed E-state index contributed by atoms with van der Waals surface area (Å²) in [5, 5.41) is 1.04. The summed E-state index contributed by atoms with van der Waals surface area (Å²) in [7, 11) is 0. The first kappa shape index (κ1) is 16.9. The Hall–Kier alpha value is -4.05. The summed E-state index contributed by atoms with van der Waals surface area (Å²) in [6.07, 6.45) is 1.82. The first-order valence-corrected chi connectivity index (χ1v) is 9.91. The van der Waals surface area contributed by atoms with Crippen molar-refractivity contribution in [3.05, 3.63) is 97.2 Å². The van der Waals surface area contributed by atoms with E-state index in [1.54, 1.807) is 0 Å². The lowest BCUT2D eigenvalue weighted by Crippen LogP contribution is -1.99. The summed E-state index contributed by atoms with van der Waals surface area (Å²) in [4.78, 5) is 4.68. The summed E-state index contributed by atoms with van der Waals surface area (Å²) < 4.78 is 13.9. The van der Waals surface area contributed by atoms with Crippen LogP contribution < -0.4 is 9.47 Å². The third kappa shape index (κ3) is 2.51. The van der Waals surface area contributed by atoms with E-state index in [9.17, 15) is 0 Å². The van der Waals surface area contributed by atoms with Gasteiger partial charge in [0.2, 0.25) is 6.79 Å². The van der Waals surface area contributed by atoms with Crippen molar-refractivity contribution in [1.29, 1.82) is 0 Å². The number of rotatable bonds is 3. The first-order valence-electron chi connectivity index (χ1n) is 9.91. The molecule has 0 aliphatic carbocycles. The van der Waals surface area contributed by atoms with Gasteiger partial charge >= 0.3 is 0 Å². The molecule has 2 aromatic heterocycles. The molecule has 0 bridgehead atoms. The van der Waals surface area contributed by atoms with Crippen LogP contribution in [0.2, 0.25) is 0 Å². The van der Waals surface area contributed by atoms with Gasteiger partial charge in [-0.15, -0.1) is 0 Å². The van der Waals surface area contributed by atoms with E-state index in [1.807, 2.05) is 42.6 Å². The molecular weight excluding hydrogens is 372 g/mol. The van der Waals surface area contributed by atoms with Gasteiger partial charge in [-0.25, -0.2) is 4.98 Å². The maximum Gasteiger partial charge on any atom is 0.231 e. The van der Waals surface area contributed by atoms with Crippen molar-refractivity contribution in [2.75, 3.05) is 6.79 Å². The maximum atomic E-state index is 5.96. The Kier molecular flexibility index (Phi) is 3.81. The van der Waals surface area contributed by atoms with Gasteiger partial charge in [-0.05, 0) is 35.4 Å². The Balaban J connectivity index is 1.83. The zero-order chi connectivity index (χ0) is 19.9. The lowest BCUT2D eigenvalue weighted by atomic mass is 9.98. The lowest BCUT2D eigenvalue weighted by molar-refractivity contribution is 0.175. The Morgan fingerprint density at radius 2 is 1.43 bits per heavy atom. The molecule has 6 rings (SSSR count). The molecule has 0 amide bonds. The number of hydrogen-bond acceptors (Lipinski definition) is 3. The van der Waals surface area contributed by atoms with Crippen molar-refractivity contribution in [1.82, 2.24) is 9.55 Å². The highest BCUT2D eigenvalue weighted by molar-refractivity contribution is 6.09. The Bertz CT molecular complexity index is 1340. The van der Waals surface area contributed by atoms with Gasteiger partial charge in [-0.1, -0.05) is 66.7 Å². The van der Waals surface area contributed by atoms with Crippen molar-refractivity contribution >= 4 is 10.9 Å². The predicted molar refractivity (Wildman–Crippen MR) is 118 cm³/mol. The molecule has 0 fully saturated rings. The number of aromatic nitrogens is 2. The van der Waals surface area contributed by atoms with E-state index in [2.05, 4.69) is 64.1 Å². The molecule has 0 spiro atoms. The van der Waals surface area contributed by atoms with Crippen LogP contribution in [0.4, 0.5) is 0 Å². The number of ether oxygens (including phenoxy) is 2. The number of benzene rings is 3. The largest absolute Gasteiger partial charge is 0.454 e. The predicted octanol–water partition coefficient (Wildman–Crippen LogP) is 6.09. The fraction of sp³-hybridized carbons (Fsp3) is 0.0385. The molecule has 0 saturated carbocycles. The van der Waals surface area contributed by atoms with E-state index in [0.717, 1.165) is 50.6 Å². The molecule has 4 heteroatoms. The molecule has 0 saturated heterocycles. The zero-order valence-corrected chi connectivity index (χ0v) is 16.2. The van der Waals surface area contributed by atoms with Crippen molar-refractivity contribution in [2.24, 2.45) is 0 Å². The molecular formula is C26H18N2O2. The molecule has 4 nitrogen and oxygen atoms in total. The molecule has 0 radical (unpaired) electrons. The van der Waals surface area contributed by atoms with Gasteiger partial charge < -0.3 is 9.47 Å². The molecule has 30 heavy (non-hydrogen) atoms. The SMILES string of the molecule is c1ccc(-c2c(-c3ccccc3)n(-c3ccccn3)c3ccc4c(c23)OCO4)cc1. The number of hydrogen-bond donors (Lipinski definition) is 0. The van der Waals surface area contributed by atoms with E-state index in [-0.39, 0.29) is 6.79 Å². The van der Waals surface area contributed by atoms with Crippen LogP contribution >= 0.6 is 0 Å². The number of nitrogens with zero attached hydrogens (tertiary/aromatic N) is 2. The molecule has 144 valence electrons. The summed E-state index contributed by atoms with van der Waals surface area (Å²) in [5.41, 5.74) is 5.48. The van der Waals surface area contributed by atoms with Crippen LogP contribution in [0.15, 0.2) is 97.2 Å². The van der Waals surface area contributed by atoms with E-state index in [4.69, 9.17) is 9.47 Å². The first-order chi connectivity index (χ1) is 14.9. The van der Waals surface area contributed by atoms with Crippen LogP contribution in [-0.2, 0) is 0 Å². The molecule has 1 aliphatic heterocycles. The molecule has 3 heterocycles. The number of pyridine rings is 1. The van der Waals surface area contributed by atoms with Gasteiger partial charge in [0.1, 0.15) is 5.82 Å². The van der Waals surface area contributed by atoms with Crippen LogP contribution in [0.5, 0.6) is 11.5 Å². The van der Waals surface area contributed by atoms with Gasteiger partial charge in [-0.2, -0.15) is 0 Å². The van der Waals surface area contributed by atoms with E-state index < -0.39 is 0 Å². The standard InChI is InChI=1S/C26H18N2O2/c1-3-9-18(10-4-1)23-24-20(14-15-21-26(24)30-17-29-21)28(22-13-7-8-16-27-22)25(23)19-11-5-2-6-12-19/h1-16H,17H2. The summed E-state index contributed by atoms with van der Waals surface area (Å²) in [5.74, 6) is 2.43.